The number of ether oxygens (including phenoxy) is 3. The van der Waals surface area contributed by atoms with E-state index in [1.807, 2.05) is 50.4 Å². The lowest BCUT2D eigenvalue weighted by atomic mass is 9.98. The summed E-state index contributed by atoms with van der Waals surface area (Å²) in [4.78, 5) is 19.1. The second kappa shape index (κ2) is 7.94. The van der Waals surface area contributed by atoms with Crippen molar-refractivity contribution in [2.24, 2.45) is 0 Å². The molecule has 168 valence electrons. The van der Waals surface area contributed by atoms with Crippen LogP contribution in [0.15, 0.2) is 29.6 Å². The monoisotopic (exact) mass is 453 g/mol. The van der Waals surface area contributed by atoms with Crippen LogP contribution in [-0.4, -0.2) is 47.4 Å². The van der Waals surface area contributed by atoms with E-state index >= 15 is 0 Å². The van der Waals surface area contributed by atoms with Crippen molar-refractivity contribution in [2.45, 2.75) is 45.3 Å². The van der Waals surface area contributed by atoms with Gasteiger partial charge in [-0.25, -0.2) is 4.98 Å². The van der Waals surface area contributed by atoms with E-state index in [2.05, 4.69) is 9.88 Å². The maximum absolute atomic E-state index is 13.2. The number of nitrogens with zero attached hydrogens (tertiary/aromatic N) is 2. The molecule has 2 aliphatic rings. The van der Waals surface area contributed by atoms with Crippen LogP contribution in [0.25, 0.3) is 16.4 Å². The zero-order valence-corrected chi connectivity index (χ0v) is 19.5. The summed E-state index contributed by atoms with van der Waals surface area (Å²) in [5, 5.41) is 5.14. The van der Waals surface area contributed by atoms with E-state index < -0.39 is 0 Å². The number of hydrogen-bond acceptors (Lipinski definition) is 6. The minimum atomic E-state index is -0.338. The van der Waals surface area contributed by atoms with Crippen molar-refractivity contribution in [3.63, 3.8) is 0 Å². The summed E-state index contributed by atoms with van der Waals surface area (Å²) in [7, 11) is 1.66. The Bertz CT molecular complexity index is 1160. The Kier molecular flexibility index (Phi) is 5.22. The number of amides is 1. The molecule has 1 saturated heterocycles. The van der Waals surface area contributed by atoms with Crippen molar-refractivity contribution in [3.8, 4) is 27.9 Å². The molecule has 1 N–H and O–H groups in total. The first-order valence-corrected chi connectivity index (χ1v) is 11.7. The average molecular weight is 454 g/mol. The van der Waals surface area contributed by atoms with Crippen molar-refractivity contribution in [1.29, 1.82) is 0 Å². The van der Waals surface area contributed by atoms with Gasteiger partial charge in [0.2, 0.25) is 0 Å². The highest BCUT2D eigenvalue weighted by Crippen LogP contribution is 2.40. The van der Waals surface area contributed by atoms with Crippen LogP contribution in [0, 0.1) is 0 Å². The molecule has 32 heavy (non-hydrogen) atoms. The second-order valence-electron chi connectivity index (χ2n) is 8.85. The van der Waals surface area contributed by atoms with E-state index in [1.54, 1.807) is 18.4 Å². The molecule has 5 rings (SSSR count). The Morgan fingerprint density at radius 3 is 2.72 bits per heavy atom. The molecule has 2 aromatic heterocycles. The van der Waals surface area contributed by atoms with Crippen LogP contribution in [0.5, 0.6) is 11.5 Å². The Hall–Kier alpha value is -2.84. The molecule has 7 nitrogen and oxygen atoms in total. The predicted molar refractivity (Wildman–Crippen MR) is 123 cm³/mol. The third-order valence-corrected chi connectivity index (χ3v) is 6.65. The zero-order chi connectivity index (χ0) is 22.5. The van der Waals surface area contributed by atoms with Gasteiger partial charge in [0.15, 0.2) is 23.0 Å². The van der Waals surface area contributed by atoms with Crippen LogP contribution < -0.4 is 14.8 Å². The number of imidazole rings is 1. The first-order valence-electron chi connectivity index (χ1n) is 10.8. The quantitative estimate of drug-likeness (QED) is 0.610. The summed E-state index contributed by atoms with van der Waals surface area (Å²) in [6.07, 6.45) is 1.52. The van der Waals surface area contributed by atoms with Crippen molar-refractivity contribution in [2.75, 3.05) is 20.3 Å². The predicted octanol–water partition coefficient (Wildman–Crippen LogP) is 4.01. The number of hydrogen-bond donors (Lipinski definition) is 1. The first kappa shape index (κ1) is 21.0. The van der Waals surface area contributed by atoms with E-state index in [0.29, 0.717) is 24.7 Å². The molecule has 8 heteroatoms. The van der Waals surface area contributed by atoms with Gasteiger partial charge in [-0.05, 0) is 56.7 Å². The van der Waals surface area contributed by atoms with Crippen LogP contribution in [0.4, 0.5) is 0 Å². The Balaban J connectivity index is 1.66. The van der Waals surface area contributed by atoms with Gasteiger partial charge in [0.05, 0.1) is 48.2 Å². The second-order valence-corrected chi connectivity index (χ2v) is 9.80. The number of fused-ring (bicyclic) bond motifs is 3. The number of carbonyl (C=O) groups excluding carboxylic acids is 1. The van der Waals surface area contributed by atoms with Gasteiger partial charge >= 0.3 is 0 Å². The molecule has 0 aliphatic carbocycles. The fraction of sp³-hybridized carbons (Fsp3) is 0.417. The van der Waals surface area contributed by atoms with Crippen molar-refractivity contribution in [3.05, 3.63) is 46.6 Å². The molecule has 1 fully saturated rings. The molecule has 0 unspecified atom stereocenters. The minimum Gasteiger partial charge on any atom is -0.493 e. The Morgan fingerprint density at radius 1 is 1.28 bits per heavy atom. The molecular weight excluding hydrogens is 426 g/mol. The molecule has 1 amide bonds. The van der Waals surface area contributed by atoms with Gasteiger partial charge in [0.1, 0.15) is 0 Å². The topological polar surface area (TPSA) is 74.6 Å². The van der Waals surface area contributed by atoms with Gasteiger partial charge < -0.3 is 19.5 Å². The highest BCUT2D eigenvalue weighted by Gasteiger charge is 2.37. The maximum atomic E-state index is 13.2. The summed E-state index contributed by atoms with van der Waals surface area (Å²) in [6.45, 7) is 7.02. The molecule has 2 aliphatic heterocycles. The molecule has 1 aromatic carbocycles. The summed E-state index contributed by atoms with van der Waals surface area (Å²) in [5.41, 5.74) is 3.19. The molecule has 0 spiro atoms. The number of benzene rings is 1. The van der Waals surface area contributed by atoms with Gasteiger partial charge in [-0.2, -0.15) is 0 Å². The molecule has 0 atom stereocenters. The van der Waals surface area contributed by atoms with E-state index in [0.717, 1.165) is 46.2 Å². The maximum Gasteiger partial charge on any atom is 0.272 e. The first-order chi connectivity index (χ1) is 15.4. The van der Waals surface area contributed by atoms with Crippen LogP contribution in [0.3, 0.4) is 0 Å². The molecule has 0 saturated carbocycles. The van der Waals surface area contributed by atoms with Crippen LogP contribution in [0.1, 0.15) is 42.5 Å². The van der Waals surface area contributed by atoms with Crippen LogP contribution in [-0.2, 0) is 17.6 Å². The summed E-state index contributed by atoms with van der Waals surface area (Å²) in [6, 6.07) is 8.09. The lowest BCUT2D eigenvalue weighted by Gasteiger charge is -2.38. The van der Waals surface area contributed by atoms with Gasteiger partial charge in [-0.3, -0.25) is 9.36 Å². The summed E-state index contributed by atoms with van der Waals surface area (Å²) in [5.74, 6) is 2.02. The molecule has 4 heterocycles. The Morgan fingerprint density at radius 2 is 2.09 bits per heavy atom. The highest BCUT2D eigenvalue weighted by molar-refractivity contribution is 7.13. The van der Waals surface area contributed by atoms with Gasteiger partial charge in [0.25, 0.3) is 5.91 Å². The normalized spacial score (nSPS) is 16.2. The highest BCUT2D eigenvalue weighted by atomic mass is 32.1. The number of aromatic nitrogens is 2. The minimum absolute atomic E-state index is 0.0105. The third-order valence-electron chi connectivity index (χ3n) is 5.79. The fourth-order valence-corrected chi connectivity index (χ4v) is 4.97. The number of carbonyl (C=O) groups is 1. The fourth-order valence-electron chi connectivity index (χ4n) is 4.27. The van der Waals surface area contributed by atoms with Crippen LogP contribution >= 0.6 is 11.3 Å². The SMILES string of the molecule is COc1cc2c(cc1OC(C)C)-n1c(-c3cccs3)nc(C(=O)NC3(C)COC3)c1CC2. The number of methoxy groups -OCH3 is 1. The number of aryl methyl sites for hydroxylation is 1. The van der Waals surface area contributed by atoms with E-state index in [1.165, 1.54) is 0 Å². The number of rotatable bonds is 6. The number of nitrogens with one attached hydrogen (secondary N) is 1. The van der Waals surface area contributed by atoms with Gasteiger partial charge in [-0.15, -0.1) is 11.3 Å². The zero-order valence-electron chi connectivity index (χ0n) is 18.7. The molecule has 0 radical (unpaired) electrons. The Labute approximate surface area is 191 Å². The largest absolute Gasteiger partial charge is 0.493 e. The molecule has 3 aromatic rings. The smallest absolute Gasteiger partial charge is 0.272 e. The number of thiophene rings is 1. The lowest BCUT2D eigenvalue weighted by molar-refractivity contribution is -0.0594. The van der Waals surface area contributed by atoms with Gasteiger partial charge in [0, 0.05) is 6.07 Å². The summed E-state index contributed by atoms with van der Waals surface area (Å²) < 4.78 is 19.1. The van der Waals surface area contributed by atoms with E-state index in [-0.39, 0.29) is 17.6 Å². The van der Waals surface area contributed by atoms with Crippen molar-refractivity contribution in [1.82, 2.24) is 14.9 Å². The summed E-state index contributed by atoms with van der Waals surface area (Å²) >= 11 is 1.61. The van der Waals surface area contributed by atoms with Crippen LogP contribution in [0.2, 0.25) is 0 Å². The standard InChI is InChI=1S/C24H27N3O4S/c1-14(2)31-19-11-17-15(10-18(19)29-4)7-8-16-21(23(28)26-24(3)12-30-13-24)25-22(27(16)17)20-6-5-9-32-20/h5-6,9-11,14H,7-8,12-13H2,1-4H3,(H,26,28). The molecular formula is C24H27N3O4S. The lowest BCUT2D eigenvalue weighted by Crippen LogP contribution is -2.60. The van der Waals surface area contributed by atoms with E-state index in [4.69, 9.17) is 19.2 Å². The van der Waals surface area contributed by atoms with E-state index in [9.17, 15) is 4.79 Å². The average Bonchev–Trinajstić information content (AvgIpc) is 3.39. The van der Waals surface area contributed by atoms with Crippen molar-refractivity contribution >= 4 is 17.2 Å². The molecule has 0 bridgehead atoms. The third kappa shape index (κ3) is 3.57. The van der Waals surface area contributed by atoms with Gasteiger partial charge in [-0.1, -0.05) is 6.07 Å². The van der Waals surface area contributed by atoms with Crippen molar-refractivity contribution < 1.29 is 19.0 Å².